The normalized spacial score (nSPS) is 19.3. The Morgan fingerprint density at radius 3 is 2.89 bits per heavy atom. The van der Waals surface area contributed by atoms with Crippen molar-refractivity contribution in [2.45, 2.75) is 38.8 Å². The van der Waals surface area contributed by atoms with Gasteiger partial charge in [0, 0.05) is 18.8 Å². The van der Waals surface area contributed by atoms with Crippen LogP contribution >= 0.6 is 0 Å². The zero-order chi connectivity index (χ0) is 13.1. The molecule has 2 heterocycles. The van der Waals surface area contributed by atoms with E-state index in [1.54, 1.807) is 23.2 Å². The number of amides is 2. The highest BCUT2D eigenvalue weighted by molar-refractivity contribution is 5.96. The molecule has 0 aromatic carbocycles. The summed E-state index contributed by atoms with van der Waals surface area (Å²) in [5.74, 6) is -0.149. The standard InChI is InChI=1S/C13H19N3O2/c1-9(2)15-12(17)11-6-4-8-16(11)13(18)10-5-3-7-14-10/h3,5,7,9,11,14H,4,6,8H2,1-2H3,(H,15,17)/t11-/m1/s1. The van der Waals surface area contributed by atoms with Gasteiger partial charge in [0.1, 0.15) is 11.7 Å². The SMILES string of the molecule is CC(C)NC(=O)[C@H]1CCCN1C(=O)c1ccc[nH]1. The number of hydrogen-bond donors (Lipinski definition) is 2. The Hall–Kier alpha value is -1.78. The predicted octanol–water partition coefficient (Wildman–Crippen LogP) is 1.14. The molecule has 1 aliphatic rings. The molecule has 1 fully saturated rings. The first kappa shape index (κ1) is 12.7. The molecule has 1 aliphatic heterocycles. The molecule has 1 atom stereocenters. The number of H-pyrrole nitrogens is 1. The molecule has 0 bridgehead atoms. The largest absolute Gasteiger partial charge is 0.357 e. The van der Waals surface area contributed by atoms with E-state index in [-0.39, 0.29) is 23.9 Å². The van der Waals surface area contributed by atoms with Gasteiger partial charge in [-0.3, -0.25) is 9.59 Å². The third-order valence-corrected chi connectivity index (χ3v) is 3.08. The summed E-state index contributed by atoms with van der Waals surface area (Å²) in [6, 6.07) is 3.29. The lowest BCUT2D eigenvalue weighted by Crippen LogP contribution is -2.47. The number of carbonyl (C=O) groups excluding carboxylic acids is 2. The van der Waals surface area contributed by atoms with Crippen LogP contribution < -0.4 is 5.32 Å². The van der Waals surface area contributed by atoms with Gasteiger partial charge in [0.2, 0.25) is 5.91 Å². The molecule has 98 valence electrons. The van der Waals surface area contributed by atoms with Gasteiger partial charge in [-0.1, -0.05) is 0 Å². The summed E-state index contributed by atoms with van der Waals surface area (Å²) in [5.41, 5.74) is 0.541. The van der Waals surface area contributed by atoms with Crippen LogP contribution in [0.1, 0.15) is 37.2 Å². The van der Waals surface area contributed by atoms with E-state index in [4.69, 9.17) is 0 Å². The van der Waals surface area contributed by atoms with Gasteiger partial charge in [0.25, 0.3) is 5.91 Å². The summed E-state index contributed by atoms with van der Waals surface area (Å²) in [6.07, 6.45) is 3.33. The van der Waals surface area contributed by atoms with Crippen LogP contribution in [0.3, 0.4) is 0 Å². The second-order valence-corrected chi connectivity index (χ2v) is 4.90. The maximum Gasteiger partial charge on any atom is 0.270 e. The van der Waals surface area contributed by atoms with Crippen molar-refractivity contribution in [3.05, 3.63) is 24.0 Å². The molecule has 0 aliphatic carbocycles. The lowest BCUT2D eigenvalue weighted by atomic mass is 10.2. The van der Waals surface area contributed by atoms with Gasteiger partial charge in [-0.15, -0.1) is 0 Å². The van der Waals surface area contributed by atoms with Gasteiger partial charge >= 0.3 is 0 Å². The molecule has 2 amide bonds. The van der Waals surface area contributed by atoms with E-state index in [9.17, 15) is 9.59 Å². The molecule has 0 radical (unpaired) electrons. The molecule has 1 aromatic heterocycles. The van der Waals surface area contributed by atoms with Crippen molar-refractivity contribution < 1.29 is 9.59 Å². The van der Waals surface area contributed by atoms with Crippen LogP contribution in [0.4, 0.5) is 0 Å². The summed E-state index contributed by atoms with van der Waals surface area (Å²) < 4.78 is 0. The van der Waals surface area contributed by atoms with Crippen LogP contribution in [-0.2, 0) is 4.79 Å². The highest BCUT2D eigenvalue weighted by Crippen LogP contribution is 2.19. The molecule has 0 saturated carbocycles. The third-order valence-electron chi connectivity index (χ3n) is 3.08. The van der Waals surface area contributed by atoms with Gasteiger partial charge in [-0.25, -0.2) is 0 Å². The van der Waals surface area contributed by atoms with Crippen molar-refractivity contribution in [3.8, 4) is 0 Å². The summed E-state index contributed by atoms with van der Waals surface area (Å²) in [5, 5.41) is 2.87. The molecule has 2 rings (SSSR count). The zero-order valence-electron chi connectivity index (χ0n) is 10.8. The number of rotatable bonds is 3. The van der Waals surface area contributed by atoms with Crippen molar-refractivity contribution in [2.75, 3.05) is 6.54 Å². The smallest absolute Gasteiger partial charge is 0.270 e. The Kier molecular flexibility index (Phi) is 3.69. The number of nitrogens with zero attached hydrogens (tertiary/aromatic N) is 1. The van der Waals surface area contributed by atoms with Crippen LogP contribution in [-0.4, -0.2) is 40.3 Å². The Morgan fingerprint density at radius 1 is 1.50 bits per heavy atom. The average Bonchev–Trinajstić information content (AvgIpc) is 2.98. The van der Waals surface area contributed by atoms with Crippen molar-refractivity contribution in [1.82, 2.24) is 15.2 Å². The monoisotopic (exact) mass is 249 g/mol. The second kappa shape index (κ2) is 5.25. The van der Waals surface area contributed by atoms with Crippen molar-refractivity contribution in [2.24, 2.45) is 0 Å². The highest BCUT2D eigenvalue weighted by Gasteiger charge is 2.34. The van der Waals surface area contributed by atoms with E-state index in [2.05, 4.69) is 10.3 Å². The van der Waals surface area contributed by atoms with E-state index >= 15 is 0 Å². The van der Waals surface area contributed by atoms with Crippen LogP contribution in [0.25, 0.3) is 0 Å². The van der Waals surface area contributed by atoms with Crippen molar-refractivity contribution in [3.63, 3.8) is 0 Å². The van der Waals surface area contributed by atoms with Crippen molar-refractivity contribution >= 4 is 11.8 Å². The highest BCUT2D eigenvalue weighted by atomic mass is 16.2. The van der Waals surface area contributed by atoms with Crippen LogP contribution in [0.2, 0.25) is 0 Å². The fourth-order valence-electron chi connectivity index (χ4n) is 2.28. The second-order valence-electron chi connectivity index (χ2n) is 4.90. The van der Waals surface area contributed by atoms with Gasteiger partial charge in [0.05, 0.1) is 0 Å². The van der Waals surface area contributed by atoms with Crippen LogP contribution in [0.15, 0.2) is 18.3 Å². The molecule has 5 nitrogen and oxygen atoms in total. The summed E-state index contributed by atoms with van der Waals surface area (Å²) in [7, 11) is 0. The van der Waals surface area contributed by atoms with Crippen LogP contribution in [0, 0.1) is 0 Å². The van der Waals surface area contributed by atoms with Crippen molar-refractivity contribution in [1.29, 1.82) is 0 Å². The number of carbonyl (C=O) groups is 2. The Morgan fingerprint density at radius 2 is 2.28 bits per heavy atom. The Labute approximate surface area is 107 Å². The molecule has 0 spiro atoms. The first-order valence-corrected chi connectivity index (χ1v) is 6.34. The first-order valence-electron chi connectivity index (χ1n) is 6.34. The van der Waals surface area contributed by atoms with Crippen LogP contribution in [0.5, 0.6) is 0 Å². The van der Waals surface area contributed by atoms with E-state index in [1.165, 1.54) is 0 Å². The van der Waals surface area contributed by atoms with E-state index in [0.29, 0.717) is 12.2 Å². The maximum absolute atomic E-state index is 12.2. The minimum atomic E-state index is -0.330. The molecule has 5 heteroatoms. The Bertz CT molecular complexity index is 425. The molecular weight excluding hydrogens is 230 g/mol. The molecule has 18 heavy (non-hydrogen) atoms. The minimum absolute atomic E-state index is 0.0533. The number of aromatic amines is 1. The molecule has 0 unspecified atom stereocenters. The lowest BCUT2D eigenvalue weighted by molar-refractivity contribution is -0.125. The fraction of sp³-hybridized carbons (Fsp3) is 0.538. The molecule has 2 N–H and O–H groups in total. The van der Waals surface area contributed by atoms with E-state index < -0.39 is 0 Å². The van der Waals surface area contributed by atoms with Gasteiger partial charge in [-0.2, -0.15) is 0 Å². The number of aromatic nitrogens is 1. The minimum Gasteiger partial charge on any atom is -0.357 e. The quantitative estimate of drug-likeness (QED) is 0.843. The maximum atomic E-state index is 12.2. The summed E-state index contributed by atoms with van der Waals surface area (Å²) >= 11 is 0. The number of hydrogen-bond acceptors (Lipinski definition) is 2. The Balaban J connectivity index is 2.08. The first-order chi connectivity index (χ1) is 8.59. The van der Waals surface area contributed by atoms with Gasteiger partial charge < -0.3 is 15.2 Å². The zero-order valence-corrected chi connectivity index (χ0v) is 10.8. The van der Waals surface area contributed by atoms with Gasteiger partial charge in [0.15, 0.2) is 0 Å². The number of likely N-dealkylation sites (tertiary alicyclic amines) is 1. The molecule has 1 aromatic rings. The lowest BCUT2D eigenvalue weighted by Gasteiger charge is -2.24. The fourth-order valence-corrected chi connectivity index (χ4v) is 2.28. The molecule has 1 saturated heterocycles. The number of nitrogens with one attached hydrogen (secondary N) is 2. The van der Waals surface area contributed by atoms with Gasteiger partial charge in [-0.05, 0) is 38.8 Å². The van der Waals surface area contributed by atoms with E-state index in [0.717, 1.165) is 12.8 Å². The molecular formula is C13H19N3O2. The summed E-state index contributed by atoms with van der Waals surface area (Å²) in [4.78, 5) is 28.8. The predicted molar refractivity (Wildman–Crippen MR) is 68.1 cm³/mol. The van der Waals surface area contributed by atoms with E-state index in [1.807, 2.05) is 13.8 Å². The average molecular weight is 249 g/mol. The summed E-state index contributed by atoms with van der Waals surface area (Å²) in [6.45, 7) is 4.49. The topological polar surface area (TPSA) is 65.2 Å². The third kappa shape index (κ3) is 2.55.